The van der Waals surface area contributed by atoms with Crippen LogP contribution >= 0.6 is 0 Å². The fourth-order valence-corrected chi connectivity index (χ4v) is 0.298. The molecule has 0 aliphatic heterocycles. The van der Waals surface area contributed by atoms with E-state index in [1.807, 2.05) is 20.9 Å². The maximum absolute atomic E-state index is 3.95. The zero-order valence-corrected chi connectivity index (χ0v) is 7.75. The molecule has 0 saturated carbocycles. The lowest BCUT2D eigenvalue weighted by atomic mass is 10.5. The van der Waals surface area contributed by atoms with Crippen LogP contribution in [0.2, 0.25) is 0 Å². The summed E-state index contributed by atoms with van der Waals surface area (Å²) in [4.78, 5) is 0. The first-order valence-electron chi connectivity index (χ1n) is 3.80. The van der Waals surface area contributed by atoms with Crippen LogP contribution in [0, 0.1) is 0 Å². The summed E-state index contributed by atoms with van der Waals surface area (Å²) in [6.07, 6.45) is 6.01. The molecule has 0 aromatic heterocycles. The summed E-state index contributed by atoms with van der Waals surface area (Å²) in [5.41, 5.74) is 0. The smallest absolute Gasteiger partial charge is 0.0296 e. The van der Waals surface area contributed by atoms with Gasteiger partial charge in [0.2, 0.25) is 0 Å². The molecule has 2 nitrogen and oxygen atoms in total. The van der Waals surface area contributed by atoms with Crippen LogP contribution in [0.15, 0.2) is 30.5 Å². The van der Waals surface area contributed by atoms with Crippen molar-refractivity contribution in [2.45, 2.75) is 20.3 Å². The lowest BCUT2D eigenvalue weighted by Gasteiger charge is -2.02. The van der Waals surface area contributed by atoms with Crippen molar-refractivity contribution in [1.29, 1.82) is 0 Å². The molecular weight excluding hydrogens is 136 g/mol. The number of nitrogens with zero attached hydrogens (tertiary/aromatic N) is 2. The Bertz CT molecular complexity index is 117. The van der Waals surface area contributed by atoms with Crippen LogP contribution in [0.5, 0.6) is 0 Å². The standard InChI is InChI=1S/C7H12N2.C2H6/c1-4-6-7-8-9(3)5-2;1-2/h4-5,7H,1-2,6H2,3H3;1-2H3/b8-7-;. The van der Waals surface area contributed by atoms with Crippen molar-refractivity contribution in [3.8, 4) is 0 Å². The highest BCUT2D eigenvalue weighted by molar-refractivity contribution is 5.58. The molecule has 2 heteroatoms. The summed E-state index contributed by atoms with van der Waals surface area (Å²) in [6, 6.07) is 0. The third-order valence-corrected chi connectivity index (χ3v) is 0.800. The molecule has 0 N–H and O–H groups in total. The van der Waals surface area contributed by atoms with E-state index in [0.29, 0.717) is 0 Å². The number of hydrogen-bond donors (Lipinski definition) is 0. The summed E-state index contributed by atoms with van der Waals surface area (Å²) >= 11 is 0. The molecule has 0 radical (unpaired) electrons. The van der Waals surface area contributed by atoms with E-state index < -0.39 is 0 Å². The molecule has 0 unspecified atom stereocenters. The second kappa shape index (κ2) is 11.7. The Morgan fingerprint density at radius 3 is 2.27 bits per heavy atom. The average Bonchev–Trinajstić information content (AvgIpc) is 2.08. The van der Waals surface area contributed by atoms with Crippen molar-refractivity contribution in [1.82, 2.24) is 5.01 Å². The van der Waals surface area contributed by atoms with Gasteiger partial charge in [0.25, 0.3) is 0 Å². The van der Waals surface area contributed by atoms with Gasteiger partial charge < -0.3 is 0 Å². The molecule has 64 valence electrons. The highest BCUT2D eigenvalue weighted by Gasteiger charge is 1.75. The quantitative estimate of drug-likeness (QED) is 0.345. The minimum absolute atomic E-state index is 0.804. The van der Waals surface area contributed by atoms with Crippen LogP contribution in [-0.4, -0.2) is 18.3 Å². The molecule has 11 heavy (non-hydrogen) atoms. The summed E-state index contributed by atoms with van der Waals surface area (Å²) in [7, 11) is 1.83. The van der Waals surface area contributed by atoms with E-state index >= 15 is 0 Å². The van der Waals surface area contributed by atoms with Gasteiger partial charge in [-0.25, -0.2) is 0 Å². The van der Waals surface area contributed by atoms with E-state index in [-0.39, 0.29) is 0 Å². The molecule has 0 fully saturated rings. The van der Waals surface area contributed by atoms with Crippen LogP contribution in [0.4, 0.5) is 0 Å². The fraction of sp³-hybridized carbons (Fsp3) is 0.444. The monoisotopic (exact) mass is 154 g/mol. The molecule has 0 saturated heterocycles. The van der Waals surface area contributed by atoms with Gasteiger partial charge in [-0.05, 0) is 0 Å². The summed E-state index contributed by atoms with van der Waals surface area (Å²) < 4.78 is 0. The van der Waals surface area contributed by atoms with Crippen LogP contribution in [-0.2, 0) is 0 Å². The zero-order valence-electron chi connectivity index (χ0n) is 7.75. The van der Waals surface area contributed by atoms with Gasteiger partial charge in [-0.1, -0.05) is 26.5 Å². The third kappa shape index (κ3) is 12.2. The van der Waals surface area contributed by atoms with Crippen LogP contribution in [0.3, 0.4) is 0 Å². The minimum Gasteiger partial charge on any atom is -0.277 e. The van der Waals surface area contributed by atoms with Crippen molar-refractivity contribution >= 4 is 6.21 Å². The Morgan fingerprint density at radius 2 is 1.91 bits per heavy atom. The van der Waals surface area contributed by atoms with E-state index in [0.717, 1.165) is 6.42 Å². The van der Waals surface area contributed by atoms with Gasteiger partial charge in [0.1, 0.15) is 0 Å². The number of allylic oxidation sites excluding steroid dienone is 1. The second-order valence-electron chi connectivity index (χ2n) is 1.58. The topological polar surface area (TPSA) is 15.6 Å². The molecule has 0 aromatic rings. The fourth-order valence-electron chi connectivity index (χ4n) is 0.298. The molecule has 0 spiro atoms. The SMILES string of the molecule is C=CC/C=N\N(C)C=C.CC. The number of rotatable bonds is 4. The number of hydrazone groups is 1. The maximum Gasteiger partial charge on any atom is 0.0296 e. The van der Waals surface area contributed by atoms with Gasteiger partial charge in [0.05, 0.1) is 0 Å². The van der Waals surface area contributed by atoms with Crippen LogP contribution < -0.4 is 0 Å². The van der Waals surface area contributed by atoms with Crippen LogP contribution in [0.1, 0.15) is 20.3 Å². The Balaban J connectivity index is 0. The molecule has 0 aromatic carbocycles. The highest BCUT2D eigenvalue weighted by Crippen LogP contribution is 1.81. The Hall–Kier alpha value is -1.05. The van der Waals surface area contributed by atoms with Crippen molar-refractivity contribution in [2.75, 3.05) is 7.05 Å². The summed E-state index contributed by atoms with van der Waals surface area (Å²) in [5.74, 6) is 0. The van der Waals surface area contributed by atoms with E-state index in [9.17, 15) is 0 Å². The van der Waals surface area contributed by atoms with Gasteiger partial charge in [-0.15, -0.1) is 6.58 Å². The lowest BCUT2D eigenvalue weighted by molar-refractivity contribution is 0.494. The van der Waals surface area contributed by atoms with Crippen LogP contribution in [0.25, 0.3) is 0 Å². The highest BCUT2D eigenvalue weighted by atomic mass is 15.4. The van der Waals surface area contributed by atoms with Crippen molar-refractivity contribution in [3.63, 3.8) is 0 Å². The first-order chi connectivity index (χ1) is 5.31. The lowest BCUT2D eigenvalue weighted by Crippen LogP contribution is -1.99. The second-order valence-corrected chi connectivity index (χ2v) is 1.58. The van der Waals surface area contributed by atoms with Crippen molar-refractivity contribution in [3.05, 3.63) is 25.4 Å². The van der Waals surface area contributed by atoms with Crippen molar-refractivity contribution < 1.29 is 0 Å². The maximum atomic E-state index is 3.95. The summed E-state index contributed by atoms with van der Waals surface area (Å²) in [5, 5.41) is 5.59. The molecule has 0 heterocycles. The zero-order chi connectivity index (χ0) is 9.11. The molecule has 0 bridgehead atoms. The Morgan fingerprint density at radius 1 is 1.36 bits per heavy atom. The molecule has 0 aliphatic rings. The predicted octanol–water partition coefficient (Wildman–Crippen LogP) is 2.65. The predicted molar refractivity (Wildman–Crippen MR) is 52.6 cm³/mol. The normalized spacial score (nSPS) is 8.27. The van der Waals surface area contributed by atoms with Gasteiger partial charge in [-0.2, -0.15) is 5.10 Å². The molecule has 0 aliphatic carbocycles. The first-order valence-corrected chi connectivity index (χ1v) is 3.80. The largest absolute Gasteiger partial charge is 0.277 e. The van der Waals surface area contributed by atoms with Gasteiger partial charge in [0.15, 0.2) is 0 Å². The number of hydrogen-bond acceptors (Lipinski definition) is 2. The Kier molecular flexibility index (Phi) is 13.4. The van der Waals surface area contributed by atoms with E-state index in [1.54, 1.807) is 23.5 Å². The summed E-state index contributed by atoms with van der Waals surface area (Å²) in [6.45, 7) is 11.1. The van der Waals surface area contributed by atoms with Gasteiger partial charge >= 0.3 is 0 Å². The van der Waals surface area contributed by atoms with Gasteiger partial charge in [0, 0.05) is 25.9 Å². The molecule has 0 atom stereocenters. The average molecular weight is 154 g/mol. The minimum atomic E-state index is 0.804. The first kappa shape index (κ1) is 12.6. The third-order valence-electron chi connectivity index (χ3n) is 0.800. The van der Waals surface area contributed by atoms with E-state index in [1.165, 1.54) is 0 Å². The molecular formula is C9H18N2. The van der Waals surface area contributed by atoms with Crippen molar-refractivity contribution in [2.24, 2.45) is 5.10 Å². The van der Waals surface area contributed by atoms with E-state index in [2.05, 4.69) is 18.3 Å². The molecule has 0 rings (SSSR count). The Labute approximate surface area is 69.9 Å². The molecule has 0 amide bonds. The van der Waals surface area contributed by atoms with Gasteiger partial charge in [-0.3, -0.25) is 5.01 Å². The van der Waals surface area contributed by atoms with E-state index in [4.69, 9.17) is 0 Å².